The van der Waals surface area contributed by atoms with E-state index in [1.165, 1.54) is 12.1 Å². The van der Waals surface area contributed by atoms with Gasteiger partial charge in [-0.25, -0.2) is 4.39 Å². The number of aliphatic hydroxyl groups is 1. The lowest BCUT2D eigenvalue weighted by Gasteiger charge is -2.34. The average Bonchev–Trinajstić information content (AvgIpc) is 2.34. The van der Waals surface area contributed by atoms with Gasteiger partial charge in [0.25, 0.3) is 0 Å². The van der Waals surface area contributed by atoms with Gasteiger partial charge in [-0.15, -0.1) is 0 Å². The van der Waals surface area contributed by atoms with Crippen LogP contribution in [0.5, 0.6) is 0 Å². The zero-order valence-corrected chi connectivity index (χ0v) is 11.3. The molecule has 0 spiro atoms. The van der Waals surface area contributed by atoms with E-state index in [0.29, 0.717) is 17.5 Å². The topological polar surface area (TPSA) is 23.5 Å². The fourth-order valence-electron chi connectivity index (χ4n) is 2.53. The van der Waals surface area contributed by atoms with E-state index >= 15 is 0 Å². The molecule has 2 nitrogen and oxygen atoms in total. The van der Waals surface area contributed by atoms with Crippen LogP contribution < -0.4 is 0 Å². The molecule has 0 unspecified atom stereocenters. The fourth-order valence-corrected chi connectivity index (χ4v) is 2.71. The van der Waals surface area contributed by atoms with Crippen molar-refractivity contribution in [1.82, 2.24) is 4.90 Å². The summed E-state index contributed by atoms with van der Waals surface area (Å²) in [5.41, 5.74) is 0.822. The number of aliphatic hydroxyl groups excluding tert-OH is 1. The summed E-state index contributed by atoms with van der Waals surface area (Å²) in [5.74, 6) is 0.0598. The molecular formula is C14H19ClFNO. The summed E-state index contributed by atoms with van der Waals surface area (Å²) in [5, 5.41) is 10.3. The molecular weight excluding hydrogens is 253 g/mol. The first-order valence-corrected chi connectivity index (χ1v) is 6.78. The predicted molar refractivity (Wildman–Crippen MR) is 71.1 cm³/mol. The molecule has 2 atom stereocenters. The number of halogens is 2. The maximum Gasteiger partial charge on any atom is 0.123 e. The smallest absolute Gasteiger partial charge is 0.123 e. The van der Waals surface area contributed by atoms with Gasteiger partial charge >= 0.3 is 0 Å². The molecule has 1 N–H and O–H groups in total. The summed E-state index contributed by atoms with van der Waals surface area (Å²) in [6.45, 7) is 4.32. The van der Waals surface area contributed by atoms with E-state index in [1.54, 1.807) is 6.07 Å². The average molecular weight is 272 g/mol. The zero-order valence-electron chi connectivity index (χ0n) is 10.6. The van der Waals surface area contributed by atoms with E-state index in [1.807, 2.05) is 6.92 Å². The maximum atomic E-state index is 13.2. The molecule has 100 valence electrons. The third-order valence-corrected chi connectivity index (χ3v) is 3.99. The molecule has 0 aromatic heterocycles. The highest BCUT2D eigenvalue weighted by Crippen LogP contribution is 2.24. The second-order valence-electron chi connectivity index (χ2n) is 5.11. The van der Waals surface area contributed by atoms with Crippen molar-refractivity contribution in [2.24, 2.45) is 5.92 Å². The standard InChI is InChI=1S/C14H19ClFNO/c1-10(18)11-3-2-6-17(8-11)9-12-7-13(16)4-5-14(12)15/h4-5,7,10-11,18H,2-3,6,8-9H2,1H3/t10-,11+/m0/s1. The highest BCUT2D eigenvalue weighted by molar-refractivity contribution is 6.31. The highest BCUT2D eigenvalue weighted by Gasteiger charge is 2.23. The molecule has 4 heteroatoms. The third kappa shape index (κ3) is 3.44. The lowest BCUT2D eigenvalue weighted by Crippen LogP contribution is -2.39. The first-order chi connectivity index (χ1) is 8.56. The van der Waals surface area contributed by atoms with E-state index < -0.39 is 0 Å². The number of hydrogen-bond acceptors (Lipinski definition) is 2. The van der Waals surface area contributed by atoms with E-state index in [4.69, 9.17) is 11.6 Å². The number of piperidine rings is 1. The van der Waals surface area contributed by atoms with Gasteiger partial charge in [0.05, 0.1) is 6.10 Å². The molecule has 0 aliphatic carbocycles. The molecule has 1 aliphatic heterocycles. The van der Waals surface area contributed by atoms with Gasteiger partial charge in [-0.3, -0.25) is 4.90 Å². The Hall–Kier alpha value is -0.640. The number of benzene rings is 1. The van der Waals surface area contributed by atoms with Crippen molar-refractivity contribution in [2.75, 3.05) is 13.1 Å². The summed E-state index contributed by atoms with van der Waals surface area (Å²) in [6, 6.07) is 4.47. The lowest BCUT2D eigenvalue weighted by atomic mass is 9.93. The molecule has 0 bridgehead atoms. The second-order valence-corrected chi connectivity index (χ2v) is 5.52. The first-order valence-electron chi connectivity index (χ1n) is 6.40. The number of likely N-dealkylation sites (tertiary alicyclic amines) is 1. The van der Waals surface area contributed by atoms with Gasteiger partial charge < -0.3 is 5.11 Å². The van der Waals surface area contributed by atoms with Crippen molar-refractivity contribution in [3.05, 3.63) is 34.6 Å². The Morgan fingerprint density at radius 3 is 3.06 bits per heavy atom. The Balaban J connectivity index is 2.02. The summed E-state index contributed by atoms with van der Waals surface area (Å²) >= 11 is 6.07. The Morgan fingerprint density at radius 2 is 2.33 bits per heavy atom. The van der Waals surface area contributed by atoms with E-state index in [2.05, 4.69) is 4.90 Å². The molecule has 1 aromatic carbocycles. The minimum atomic E-state index is -0.282. The zero-order chi connectivity index (χ0) is 13.1. The first kappa shape index (κ1) is 13.8. The molecule has 18 heavy (non-hydrogen) atoms. The summed E-state index contributed by atoms with van der Waals surface area (Å²) in [4.78, 5) is 2.24. The quantitative estimate of drug-likeness (QED) is 0.913. The monoisotopic (exact) mass is 271 g/mol. The van der Waals surface area contributed by atoms with Crippen molar-refractivity contribution < 1.29 is 9.50 Å². The van der Waals surface area contributed by atoms with E-state index in [9.17, 15) is 9.50 Å². The SMILES string of the molecule is C[C@H](O)[C@@H]1CCCN(Cc2cc(F)ccc2Cl)C1. The van der Waals surface area contributed by atoms with E-state index in [0.717, 1.165) is 31.5 Å². The van der Waals surface area contributed by atoms with Gasteiger partial charge in [-0.1, -0.05) is 11.6 Å². The van der Waals surface area contributed by atoms with Crippen LogP contribution in [-0.2, 0) is 6.54 Å². The second kappa shape index (κ2) is 6.00. The van der Waals surface area contributed by atoms with Crippen LogP contribution in [0.3, 0.4) is 0 Å². The van der Waals surface area contributed by atoms with Crippen molar-refractivity contribution in [3.63, 3.8) is 0 Å². The number of hydrogen-bond donors (Lipinski definition) is 1. The van der Waals surface area contributed by atoms with Crippen LogP contribution in [0.4, 0.5) is 4.39 Å². The van der Waals surface area contributed by atoms with Crippen LogP contribution in [0.1, 0.15) is 25.3 Å². The summed E-state index contributed by atoms with van der Waals surface area (Å²) < 4.78 is 13.2. The predicted octanol–water partition coefficient (Wildman–Crippen LogP) is 3.07. The van der Waals surface area contributed by atoms with Crippen LogP contribution in [0.25, 0.3) is 0 Å². The van der Waals surface area contributed by atoms with Crippen LogP contribution in [0, 0.1) is 11.7 Å². The van der Waals surface area contributed by atoms with Gasteiger partial charge in [0.15, 0.2) is 0 Å². The third-order valence-electron chi connectivity index (χ3n) is 3.63. The molecule has 0 radical (unpaired) electrons. The summed E-state index contributed by atoms with van der Waals surface area (Å²) in [7, 11) is 0. The maximum absolute atomic E-state index is 13.2. The normalized spacial score (nSPS) is 23.0. The number of rotatable bonds is 3. The Labute approximate surface area is 112 Å². The largest absolute Gasteiger partial charge is 0.393 e. The van der Waals surface area contributed by atoms with Crippen molar-refractivity contribution >= 4 is 11.6 Å². The van der Waals surface area contributed by atoms with Gasteiger partial charge in [0, 0.05) is 18.1 Å². The molecule has 1 fully saturated rings. The van der Waals surface area contributed by atoms with Crippen LogP contribution in [0.2, 0.25) is 5.02 Å². The minimum absolute atomic E-state index is 0.251. The molecule has 0 saturated carbocycles. The van der Waals surface area contributed by atoms with Gasteiger partial charge in [-0.05, 0) is 56.0 Å². The molecule has 0 amide bonds. The van der Waals surface area contributed by atoms with Crippen molar-refractivity contribution in [1.29, 1.82) is 0 Å². The Morgan fingerprint density at radius 1 is 1.56 bits per heavy atom. The molecule has 1 aliphatic rings. The van der Waals surface area contributed by atoms with Gasteiger partial charge in [-0.2, -0.15) is 0 Å². The van der Waals surface area contributed by atoms with Crippen molar-refractivity contribution in [3.8, 4) is 0 Å². The minimum Gasteiger partial charge on any atom is -0.393 e. The van der Waals surface area contributed by atoms with Crippen molar-refractivity contribution in [2.45, 2.75) is 32.4 Å². The van der Waals surface area contributed by atoms with Crippen LogP contribution >= 0.6 is 11.6 Å². The van der Waals surface area contributed by atoms with E-state index in [-0.39, 0.29) is 11.9 Å². The number of nitrogens with zero attached hydrogens (tertiary/aromatic N) is 1. The summed E-state index contributed by atoms with van der Waals surface area (Å²) in [6.07, 6.45) is 1.85. The highest BCUT2D eigenvalue weighted by atomic mass is 35.5. The molecule has 1 aromatic rings. The molecule has 1 saturated heterocycles. The van der Waals surface area contributed by atoms with Crippen LogP contribution in [0.15, 0.2) is 18.2 Å². The van der Waals surface area contributed by atoms with Crippen LogP contribution in [-0.4, -0.2) is 29.2 Å². The Bertz CT molecular complexity index is 411. The fraction of sp³-hybridized carbons (Fsp3) is 0.571. The lowest BCUT2D eigenvalue weighted by molar-refractivity contribution is 0.0599. The Kier molecular flexibility index (Phi) is 4.60. The van der Waals surface area contributed by atoms with Gasteiger partial charge in [0.1, 0.15) is 5.82 Å². The molecule has 1 heterocycles. The van der Waals surface area contributed by atoms with Gasteiger partial charge in [0.2, 0.25) is 0 Å². The molecule has 2 rings (SSSR count).